The van der Waals surface area contributed by atoms with Crippen LogP contribution in [0.25, 0.3) is 0 Å². The van der Waals surface area contributed by atoms with Gasteiger partial charge in [-0.3, -0.25) is 0 Å². The topological polar surface area (TPSA) is 38.5 Å². The first-order valence-corrected chi connectivity index (χ1v) is 7.62. The summed E-state index contributed by atoms with van der Waals surface area (Å²) in [6, 6.07) is 2.18. The molecule has 4 heteroatoms. The molecule has 1 heterocycles. The molecule has 20 heavy (non-hydrogen) atoms. The van der Waals surface area contributed by atoms with Gasteiger partial charge in [0.25, 0.3) is 0 Å². The molecule has 0 saturated heterocycles. The molecule has 3 nitrogen and oxygen atoms in total. The summed E-state index contributed by atoms with van der Waals surface area (Å²) < 4.78 is 5.52. The van der Waals surface area contributed by atoms with E-state index in [9.17, 15) is 0 Å². The van der Waals surface area contributed by atoms with Crippen molar-refractivity contribution in [3.63, 3.8) is 0 Å². The minimum absolute atomic E-state index is 0.378. The smallest absolute Gasteiger partial charge is 0.170 e. The number of hydrogen-bond acceptors (Lipinski definition) is 2. The second-order valence-corrected chi connectivity index (χ2v) is 6.71. The summed E-state index contributed by atoms with van der Waals surface area (Å²) in [6.45, 7) is 5.21. The molecule has 2 N–H and O–H groups in total. The van der Waals surface area contributed by atoms with Crippen molar-refractivity contribution in [2.75, 3.05) is 18.6 Å². The van der Waals surface area contributed by atoms with E-state index in [1.54, 1.807) is 7.11 Å². The molecular formula is C16H22N2OS. The van der Waals surface area contributed by atoms with E-state index in [2.05, 4.69) is 24.8 Å². The van der Waals surface area contributed by atoms with E-state index >= 15 is 0 Å². The Hall–Kier alpha value is -1.29. The Morgan fingerprint density at radius 1 is 1.35 bits per heavy atom. The summed E-state index contributed by atoms with van der Waals surface area (Å²) in [5, 5.41) is 0.491. The summed E-state index contributed by atoms with van der Waals surface area (Å²) in [4.78, 5) is 2.15. The standard InChI is InChI=1S/C16H22N2OS/c1-10-11(2)14-12(7-13(10)19-3)8-16(5-4-6-16)9-18(14)15(17)20/h7H,4-6,8-9H2,1-3H3,(H2,17,20). The van der Waals surface area contributed by atoms with Crippen LogP contribution in [0.15, 0.2) is 6.07 Å². The number of benzene rings is 1. The van der Waals surface area contributed by atoms with Gasteiger partial charge < -0.3 is 15.4 Å². The maximum Gasteiger partial charge on any atom is 0.170 e. The van der Waals surface area contributed by atoms with E-state index in [0.29, 0.717) is 10.5 Å². The van der Waals surface area contributed by atoms with Gasteiger partial charge in [0.1, 0.15) is 5.75 Å². The normalized spacial score (nSPS) is 19.4. The molecule has 1 saturated carbocycles. The Balaban J connectivity index is 2.16. The van der Waals surface area contributed by atoms with Crippen molar-refractivity contribution in [1.82, 2.24) is 0 Å². The third kappa shape index (κ3) is 1.89. The molecular weight excluding hydrogens is 268 g/mol. The van der Waals surface area contributed by atoms with E-state index in [1.165, 1.54) is 41.6 Å². The highest BCUT2D eigenvalue weighted by Gasteiger charge is 2.44. The fourth-order valence-electron chi connectivity index (χ4n) is 3.73. The first kappa shape index (κ1) is 13.7. The Morgan fingerprint density at radius 2 is 2.05 bits per heavy atom. The number of anilines is 1. The number of methoxy groups -OCH3 is 1. The molecule has 0 atom stereocenters. The van der Waals surface area contributed by atoms with Crippen molar-refractivity contribution in [2.45, 2.75) is 39.5 Å². The molecule has 0 bridgehead atoms. The number of rotatable bonds is 1. The van der Waals surface area contributed by atoms with Crippen LogP contribution in [0, 0.1) is 19.3 Å². The van der Waals surface area contributed by atoms with Crippen molar-refractivity contribution in [1.29, 1.82) is 0 Å². The highest BCUT2D eigenvalue weighted by molar-refractivity contribution is 7.80. The highest BCUT2D eigenvalue weighted by atomic mass is 32.1. The molecule has 0 amide bonds. The lowest BCUT2D eigenvalue weighted by Crippen LogP contribution is -2.51. The van der Waals surface area contributed by atoms with Crippen LogP contribution < -0.4 is 15.4 Å². The lowest BCUT2D eigenvalue weighted by Gasteiger charge is -2.50. The Morgan fingerprint density at radius 3 is 2.55 bits per heavy atom. The van der Waals surface area contributed by atoms with Gasteiger partial charge in [-0.15, -0.1) is 0 Å². The van der Waals surface area contributed by atoms with E-state index < -0.39 is 0 Å². The van der Waals surface area contributed by atoms with Crippen LogP contribution in [0.3, 0.4) is 0 Å². The minimum atomic E-state index is 0.378. The molecule has 2 aliphatic rings. The second kappa shape index (κ2) is 4.62. The monoisotopic (exact) mass is 290 g/mol. The fourth-order valence-corrected chi connectivity index (χ4v) is 3.89. The first-order chi connectivity index (χ1) is 9.47. The van der Waals surface area contributed by atoms with Crippen LogP contribution in [0.5, 0.6) is 5.75 Å². The van der Waals surface area contributed by atoms with Gasteiger partial charge >= 0.3 is 0 Å². The molecule has 0 aromatic heterocycles. The maximum atomic E-state index is 6.00. The number of thiocarbonyl (C=S) groups is 1. The average Bonchev–Trinajstić information content (AvgIpc) is 2.39. The summed E-state index contributed by atoms with van der Waals surface area (Å²) in [7, 11) is 1.74. The number of nitrogens with zero attached hydrogens (tertiary/aromatic N) is 1. The molecule has 0 radical (unpaired) electrons. The lowest BCUT2D eigenvalue weighted by atomic mass is 9.63. The summed E-state index contributed by atoms with van der Waals surface area (Å²) >= 11 is 5.30. The third-order valence-corrected chi connectivity index (χ3v) is 5.35. The van der Waals surface area contributed by atoms with Crippen LogP contribution in [0.4, 0.5) is 5.69 Å². The predicted molar refractivity (Wildman–Crippen MR) is 86.6 cm³/mol. The molecule has 1 spiro atoms. The molecule has 108 valence electrons. The number of nitrogens with two attached hydrogens (primary N) is 1. The van der Waals surface area contributed by atoms with Crippen molar-refractivity contribution >= 4 is 23.0 Å². The van der Waals surface area contributed by atoms with Crippen LogP contribution in [-0.2, 0) is 6.42 Å². The van der Waals surface area contributed by atoms with Gasteiger partial charge in [-0.05, 0) is 73.5 Å². The van der Waals surface area contributed by atoms with Crippen molar-refractivity contribution in [2.24, 2.45) is 11.1 Å². The predicted octanol–water partition coefficient (Wildman–Crippen LogP) is 3.09. The third-order valence-electron chi connectivity index (χ3n) is 5.13. The van der Waals surface area contributed by atoms with Crippen LogP contribution >= 0.6 is 12.2 Å². The molecule has 1 aromatic carbocycles. The minimum Gasteiger partial charge on any atom is -0.496 e. The van der Waals surface area contributed by atoms with Gasteiger partial charge in [0, 0.05) is 12.2 Å². The van der Waals surface area contributed by atoms with Crippen LogP contribution in [0.2, 0.25) is 0 Å². The van der Waals surface area contributed by atoms with Crippen molar-refractivity contribution < 1.29 is 4.74 Å². The highest BCUT2D eigenvalue weighted by Crippen LogP contribution is 2.51. The first-order valence-electron chi connectivity index (χ1n) is 7.21. The van der Waals surface area contributed by atoms with E-state index in [1.807, 2.05) is 0 Å². The fraction of sp³-hybridized carbons (Fsp3) is 0.562. The molecule has 1 aliphatic carbocycles. The zero-order valence-corrected chi connectivity index (χ0v) is 13.3. The van der Waals surface area contributed by atoms with Crippen LogP contribution in [0.1, 0.15) is 36.0 Å². The van der Waals surface area contributed by atoms with Gasteiger partial charge in [0.15, 0.2) is 5.11 Å². The van der Waals surface area contributed by atoms with E-state index in [4.69, 9.17) is 22.7 Å². The van der Waals surface area contributed by atoms with Gasteiger partial charge in [-0.1, -0.05) is 6.42 Å². The average molecular weight is 290 g/mol. The van der Waals surface area contributed by atoms with Crippen LogP contribution in [-0.4, -0.2) is 18.8 Å². The maximum absolute atomic E-state index is 6.00. The Kier molecular flexibility index (Phi) is 3.16. The molecule has 3 rings (SSSR count). The van der Waals surface area contributed by atoms with Gasteiger partial charge in [0.2, 0.25) is 0 Å². The SMILES string of the molecule is COc1cc2c(c(C)c1C)N(C(N)=S)CC1(CCC1)C2. The quantitative estimate of drug-likeness (QED) is 0.807. The number of hydrogen-bond donors (Lipinski definition) is 1. The van der Waals surface area contributed by atoms with Gasteiger partial charge in [-0.25, -0.2) is 0 Å². The summed E-state index contributed by atoms with van der Waals surface area (Å²) in [5.41, 5.74) is 11.3. The molecule has 1 aromatic rings. The molecule has 0 unspecified atom stereocenters. The number of ether oxygens (including phenoxy) is 1. The largest absolute Gasteiger partial charge is 0.496 e. The number of fused-ring (bicyclic) bond motifs is 1. The van der Waals surface area contributed by atoms with E-state index in [-0.39, 0.29) is 0 Å². The van der Waals surface area contributed by atoms with E-state index in [0.717, 1.165) is 18.7 Å². The Labute approximate surface area is 126 Å². The molecule has 1 aliphatic heterocycles. The zero-order valence-electron chi connectivity index (χ0n) is 12.5. The van der Waals surface area contributed by atoms with Crippen molar-refractivity contribution in [3.8, 4) is 5.75 Å². The van der Waals surface area contributed by atoms with Gasteiger partial charge in [-0.2, -0.15) is 0 Å². The lowest BCUT2D eigenvalue weighted by molar-refractivity contribution is 0.139. The van der Waals surface area contributed by atoms with Gasteiger partial charge in [0.05, 0.1) is 7.11 Å². The summed E-state index contributed by atoms with van der Waals surface area (Å²) in [6.07, 6.45) is 5.00. The second-order valence-electron chi connectivity index (χ2n) is 6.29. The molecule has 1 fully saturated rings. The zero-order chi connectivity index (χ0) is 14.5. The van der Waals surface area contributed by atoms with Crippen molar-refractivity contribution in [3.05, 3.63) is 22.8 Å². The Bertz CT molecular complexity index is 578. The summed E-state index contributed by atoms with van der Waals surface area (Å²) in [5.74, 6) is 0.973.